The first kappa shape index (κ1) is 49.4. The number of ether oxygens (including phenoxy) is 4. The van der Waals surface area contributed by atoms with Crippen LogP contribution in [0.2, 0.25) is 0 Å². The summed E-state index contributed by atoms with van der Waals surface area (Å²) in [6.07, 6.45) is 10.6. The fourth-order valence-electron chi connectivity index (χ4n) is 7.95. The largest absolute Gasteiger partial charge is 0.496 e. The van der Waals surface area contributed by atoms with Crippen molar-refractivity contribution in [2.24, 2.45) is 22.2 Å². The highest BCUT2D eigenvalue weighted by Crippen LogP contribution is 2.33. The summed E-state index contributed by atoms with van der Waals surface area (Å²) < 4.78 is 23.2. The van der Waals surface area contributed by atoms with Gasteiger partial charge in [-0.3, -0.25) is 19.2 Å². The van der Waals surface area contributed by atoms with Gasteiger partial charge in [0.2, 0.25) is 0 Å². The van der Waals surface area contributed by atoms with E-state index in [9.17, 15) is 19.2 Å². The first-order valence-electron chi connectivity index (χ1n) is 22.0. The van der Waals surface area contributed by atoms with E-state index in [1.807, 2.05) is 38.0 Å². The number of carbonyl (C=O) groups excluding carboxylic acids is 4. The lowest BCUT2D eigenvalue weighted by atomic mass is 9.90. The molecule has 344 valence electrons. The second-order valence-electron chi connectivity index (χ2n) is 16.5. The summed E-state index contributed by atoms with van der Waals surface area (Å²) in [7, 11) is 10.8. The van der Waals surface area contributed by atoms with Crippen molar-refractivity contribution in [3.8, 4) is 23.0 Å². The maximum absolute atomic E-state index is 13.8. The molecule has 62 heavy (non-hydrogen) atoms. The van der Waals surface area contributed by atoms with E-state index >= 15 is 0 Å². The Kier molecular flexibility index (Phi) is 19.9. The fourth-order valence-corrected chi connectivity index (χ4v) is 7.95. The summed E-state index contributed by atoms with van der Waals surface area (Å²) in [5.41, 5.74) is 17.8. The molecule has 4 amide bonds. The topological polar surface area (TPSA) is 238 Å². The van der Waals surface area contributed by atoms with Crippen LogP contribution >= 0.6 is 0 Å². The number of nitrogens with zero attached hydrogens (tertiary/aromatic N) is 3. The molecule has 2 aliphatic carbocycles. The number of hydrogen-bond donors (Lipinski definition) is 6. The van der Waals surface area contributed by atoms with E-state index in [4.69, 9.17) is 41.1 Å². The zero-order valence-electron chi connectivity index (χ0n) is 37.7. The van der Waals surface area contributed by atoms with Crippen LogP contribution in [0, 0.1) is 0 Å². The van der Waals surface area contributed by atoms with Crippen LogP contribution in [-0.4, -0.2) is 132 Å². The van der Waals surface area contributed by atoms with Gasteiger partial charge >= 0.3 is 0 Å². The molecule has 0 spiro atoms. The molecule has 4 rings (SSSR count). The zero-order chi connectivity index (χ0) is 45.2. The SMILES string of the molecule is COc1cc(OC)c(C(=O)N[C@H]2CC[C@@H](NC(=O)c3cc(C(N)=O)c(OCCCCCN)cc3OCCCCCN)CC2)cc1C(=O)N[C@H]1CC[C@@H](N=C(N(C)C)N(C)C)CC1. The monoisotopic (exact) mass is 866 g/mol. The van der Waals surface area contributed by atoms with Crippen LogP contribution in [-0.2, 0) is 0 Å². The Labute approximate surface area is 367 Å². The summed E-state index contributed by atoms with van der Waals surface area (Å²) in [6.45, 7) is 1.88. The molecule has 0 aromatic heterocycles. The summed E-state index contributed by atoms with van der Waals surface area (Å²) in [5.74, 6) is 0.236. The molecular weight excluding hydrogens is 795 g/mol. The average Bonchev–Trinajstić information content (AvgIpc) is 3.25. The first-order chi connectivity index (χ1) is 29.8. The molecule has 2 saturated carbocycles. The van der Waals surface area contributed by atoms with E-state index in [2.05, 4.69) is 16.0 Å². The molecule has 2 aromatic rings. The summed E-state index contributed by atoms with van der Waals surface area (Å²) in [4.78, 5) is 62.8. The predicted octanol–water partition coefficient (Wildman–Crippen LogP) is 3.81. The number of unbranched alkanes of at least 4 members (excludes halogenated alkanes) is 4. The molecule has 0 bridgehead atoms. The van der Waals surface area contributed by atoms with Crippen molar-refractivity contribution in [1.29, 1.82) is 0 Å². The third kappa shape index (κ3) is 14.4. The number of nitrogens with two attached hydrogens (primary N) is 3. The van der Waals surface area contributed by atoms with Crippen LogP contribution in [0.3, 0.4) is 0 Å². The Morgan fingerprint density at radius 2 is 0.935 bits per heavy atom. The van der Waals surface area contributed by atoms with Crippen molar-refractivity contribution in [2.45, 2.75) is 114 Å². The molecule has 17 nitrogen and oxygen atoms in total. The van der Waals surface area contributed by atoms with Gasteiger partial charge in [0.15, 0.2) is 5.96 Å². The third-order valence-corrected chi connectivity index (χ3v) is 11.3. The van der Waals surface area contributed by atoms with Crippen LogP contribution in [0.15, 0.2) is 29.3 Å². The Morgan fingerprint density at radius 1 is 0.565 bits per heavy atom. The lowest BCUT2D eigenvalue weighted by Crippen LogP contribution is -2.44. The number of hydrogen-bond acceptors (Lipinski definition) is 11. The number of methoxy groups -OCH3 is 2. The molecule has 0 atom stereocenters. The van der Waals surface area contributed by atoms with Crippen molar-refractivity contribution in [3.05, 3.63) is 46.5 Å². The van der Waals surface area contributed by atoms with Gasteiger partial charge in [0.05, 0.1) is 55.7 Å². The van der Waals surface area contributed by atoms with Gasteiger partial charge in [-0.2, -0.15) is 0 Å². The van der Waals surface area contributed by atoms with Crippen molar-refractivity contribution in [1.82, 2.24) is 25.8 Å². The van der Waals surface area contributed by atoms with E-state index in [0.29, 0.717) is 63.5 Å². The minimum absolute atomic E-state index is 0.0401. The van der Waals surface area contributed by atoms with Crippen molar-refractivity contribution in [3.63, 3.8) is 0 Å². The number of aliphatic imine (C=N–C) groups is 1. The smallest absolute Gasteiger partial charge is 0.255 e. The molecule has 0 aliphatic heterocycles. The maximum Gasteiger partial charge on any atom is 0.255 e. The lowest BCUT2D eigenvalue weighted by molar-refractivity contribution is 0.0886. The van der Waals surface area contributed by atoms with Crippen molar-refractivity contribution >= 4 is 29.6 Å². The van der Waals surface area contributed by atoms with Crippen LogP contribution in [0.1, 0.15) is 131 Å². The number of nitrogens with one attached hydrogen (secondary N) is 3. The Bertz CT molecular complexity index is 1810. The molecule has 2 aliphatic rings. The van der Waals surface area contributed by atoms with Gasteiger partial charge < -0.3 is 61.9 Å². The number of amides is 4. The van der Waals surface area contributed by atoms with E-state index in [1.54, 1.807) is 12.1 Å². The van der Waals surface area contributed by atoms with Gasteiger partial charge in [-0.15, -0.1) is 0 Å². The van der Waals surface area contributed by atoms with E-state index in [-0.39, 0.29) is 69.7 Å². The highest BCUT2D eigenvalue weighted by Gasteiger charge is 2.30. The molecule has 0 unspecified atom stereocenters. The number of carbonyl (C=O) groups is 4. The standard InChI is InChI=1S/C45H71N9O8/c1-53(2)45(54(3)4)52-32-19-17-31(18-20-32)50-43(57)35-26-34(37(59-5)27-38(35)60-6)42(56)49-29-13-15-30(16-14-29)51-44(58)36-25-33(41(48)55)39(61-23-11-7-9-21-46)28-40(36)62-24-12-8-10-22-47/h25-32H,7-24,46-47H2,1-6H3,(H2,48,55)(H,49,56)(H,50,57)(H,51,58)/t29-,30+,31-,32+. The first-order valence-corrected chi connectivity index (χ1v) is 22.0. The maximum atomic E-state index is 13.8. The minimum atomic E-state index is -0.717. The molecular formula is C45H71N9O8. The molecule has 0 heterocycles. The lowest BCUT2D eigenvalue weighted by Gasteiger charge is -2.30. The molecule has 0 radical (unpaired) electrons. The van der Waals surface area contributed by atoms with Crippen LogP contribution in [0.25, 0.3) is 0 Å². The van der Waals surface area contributed by atoms with E-state index < -0.39 is 11.8 Å². The average molecular weight is 866 g/mol. The summed E-state index contributed by atoms with van der Waals surface area (Å²) >= 11 is 0. The van der Waals surface area contributed by atoms with Crippen LogP contribution < -0.4 is 52.1 Å². The second kappa shape index (κ2) is 25.0. The predicted molar refractivity (Wildman–Crippen MR) is 241 cm³/mol. The second-order valence-corrected chi connectivity index (χ2v) is 16.5. The summed E-state index contributed by atoms with van der Waals surface area (Å²) in [6, 6.07) is 5.86. The Balaban J connectivity index is 1.39. The molecule has 2 fully saturated rings. The van der Waals surface area contributed by atoms with E-state index in [0.717, 1.165) is 70.2 Å². The van der Waals surface area contributed by atoms with Gasteiger partial charge in [0.1, 0.15) is 23.0 Å². The fraction of sp³-hybridized carbons (Fsp3) is 0.622. The number of benzene rings is 2. The number of primary amides is 1. The zero-order valence-corrected chi connectivity index (χ0v) is 37.7. The Morgan fingerprint density at radius 3 is 1.32 bits per heavy atom. The highest BCUT2D eigenvalue weighted by molar-refractivity contribution is 6.04. The van der Waals surface area contributed by atoms with Crippen LogP contribution in [0.4, 0.5) is 0 Å². The quantitative estimate of drug-likeness (QED) is 0.0563. The normalized spacial score (nSPS) is 18.5. The minimum Gasteiger partial charge on any atom is -0.496 e. The van der Waals surface area contributed by atoms with Gasteiger partial charge in [-0.25, -0.2) is 4.99 Å². The highest BCUT2D eigenvalue weighted by atomic mass is 16.5. The third-order valence-electron chi connectivity index (χ3n) is 11.3. The molecule has 17 heteroatoms. The van der Waals surface area contributed by atoms with Crippen molar-refractivity contribution in [2.75, 3.05) is 68.7 Å². The van der Waals surface area contributed by atoms with E-state index in [1.165, 1.54) is 26.4 Å². The number of rotatable bonds is 22. The van der Waals surface area contributed by atoms with Gasteiger partial charge in [0.25, 0.3) is 23.6 Å². The molecule has 2 aromatic carbocycles. The van der Waals surface area contributed by atoms with Gasteiger partial charge in [0, 0.05) is 58.4 Å². The Hall–Kier alpha value is -5.29. The molecule has 9 N–H and O–H groups in total. The number of guanidine groups is 1. The summed E-state index contributed by atoms with van der Waals surface area (Å²) in [5, 5.41) is 9.37. The van der Waals surface area contributed by atoms with Crippen LogP contribution in [0.5, 0.6) is 23.0 Å². The molecule has 0 saturated heterocycles. The van der Waals surface area contributed by atoms with Crippen molar-refractivity contribution < 1.29 is 38.1 Å². The van der Waals surface area contributed by atoms with Gasteiger partial charge in [-0.05, 0) is 115 Å². The van der Waals surface area contributed by atoms with Gasteiger partial charge in [-0.1, -0.05) is 0 Å².